The van der Waals surface area contributed by atoms with Crippen LogP contribution in [0.15, 0.2) is 65.8 Å². The number of aromatic hydroxyl groups is 1. The summed E-state index contributed by atoms with van der Waals surface area (Å²) in [6, 6.07) is 15.0. The molecule has 10 heteroatoms. The van der Waals surface area contributed by atoms with Gasteiger partial charge in [-0.1, -0.05) is 23.7 Å². The molecule has 7 nitrogen and oxygen atoms in total. The van der Waals surface area contributed by atoms with Gasteiger partial charge in [-0.2, -0.15) is 5.10 Å². The summed E-state index contributed by atoms with van der Waals surface area (Å²) in [6.07, 6.45) is 1.38. The Morgan fingerprint density at radius 1 is 1.16 bits per heavy atom. The molecular weight excluding hydrogens is 552 g/mol. The zero-order chi connectivity index (χ0) is 23.1. The lowest BCUT2D eigenvalue weighted by molar-refractivity contribution is -0.118. The SMILES string of the molecule is O=C(COc1ccc(/C=N\NC(=O)c2ccc(I)c(O)c2)cc1Cl)Nc1ccccc1F. The molecule has 3 rings (SSSR count). The summed E-state index contributed by atoms with van der Waals surface area (Å²) in [7, 11) is 0. The molecule has 0 saturated carbocycles. The number of ether oxygens (including phenoxy) is 1. The van der Waals surface area contributed by atoms with Crippen molar-refractivity contribution in [3.63, 3.8) is 0 Å². The van der Waals surface area contributed by atoms with Crippen molar-refractivity contribution in [2.24, 2.45) is 5.10 Å². The van der Waals surface area contributed by atoms with E-state index in [9.17, 15) is 19.1 Å². The molecule has 3 N–H and O–H groups in total. The first-order valence-corrected chi connectivity index (χ1v) is 10.6. The van der Waals surface area contributed by atoms with Gasteiger partial charge in [0.15, 0.2) is 6.61 Å². The molecule has 2 amide bonds. The maximum absolute atomic E-state index is 13.6. The number of hydrazone groups is 1. The van der Waals surface area contributed by atoms with Gasteiger partial charge in [-0.15, -0.1) is 0 Å². The van der Waals surface area contributed by atoms with Crippen molar-refractivity contribution in [3.05, 3.63) is 86.2 Å². The van der Waals surface area contributed by atoms with Crippen LogP contribution in [-0.2, 0) is 4.79 Å². The Kier molecular flexibility index (Phi) is 8.01. The highest BCUT2D eigenvalue weighted by atomic mass is 127. The van der Waals surface area contributed by atoms with Crippen LogP contribution in [0, 0.1) is 9.39 Å². The molecule has 32 heavy (non-hydrogen) atoms. The zero-order valence-electron chi connectivity index (χ0n) is 16.3. The number of amides is 2. The number of phenolic OH excluding ortho intramolecular Hbond substituents is 1. The van der Waals surface area contributed by atoms with E-state index >= 15 is 0 Å². The van der Waals surface area contributed by atoms with Gasteiger partial charge in [0.2, 0.25) is 0 Å². The van der Waals surface area contributed by atoms with Gasteiger partial charge in [0, 0.05) is 5.56 Å². The summed E-state index contributed by atoms with van der Waals surface area (Å²) in [5.41, 5.74) is 3.24. The van der Waals surface area contributed by atoms with E-state index in [1.165, 1.54) is 36.5 Å². The Hall–Kier alpha value is -3.18. The lowest BCUT2D eigenvalue weighted by Crippen LogP contribution is -2.20. The van der Waals surface area contributed by atoms with E-state index in [0.717, 1.165) is 0 Å². The van der Waals surface area contributed by atoms with Gasteiger partial charge in [0.05, 0.1) is 20.5 Å². The highest BCUT2D eigenvalue weighted by molar-refractivity contribution is 14.1. The lowest BCUT2D eigenvalue weighted by Gasteiger charge is -2.09. The Labute approximate surface area is 201 Å². The minimum Gasteiger partial charge on any atom is -0.507 e. The van der Waals surface area contributed by atoms with Crippen molar-refractivity contribution in [3.8, 4) is 11.5 Å². The fourth-order valence-corrected chi connectivity index (χ4v) is 3.07. The molecule has 3 aromatic carbocycles. The smallest absolute Gasteiger partial charge is 0.271 e. The van der Waals surface area contributed by atoms with Crippen LogP contribution in [0.4, 0.5) is 10.1 Å². The molecule has 0 aliphatic carbocycles. The summed E-state index contributed by atoms with van der Waals surface area (Å²) < 4.78 is 19.6. The highest BCUT2D eigenvalue weighted by Gasteiger charge is 2.10. The molecule has 0 aliphatic heterocycles. The van der Waals surface area contributed by atoms with Gasteiger partial charge < -0.3 is 15.2 Å². The van der Waals surface area contributed by atoms with E-state index in [4.69, 9.17) is 16.3 Å². The van der Waals surface area contributed by atoms with Crippen LogP contribution >= 0.6 is 34.2 Å². The van der Waals surface area contributed by atoms with E-state index < -0.39 is 17.6 Å². The summed E-state index contributed by atoms with van der Waals surface area (Å²) in [5, 5.41) is 16.2. The molecule has 3 aromatic rings. The van der Waals surface area contributed by atoms with E-state index in [2.05, 4.69) is 15.8 Å². The van der Waals surface area contributed by atoms with Crippen LogP contribution in [0.3, 0.4) is 0 Å². The lowest BCUT2D eigenvalue weighted by atomic mass is 10.2. The second-order valence-corrected chi connectivity index (χ2v) is 7.94. The molecule has 0 fully saturated rings. The van der Waals surface area contributed by atoms with Gasteiger partial charge in [-0.25, -0.2) is 9.82 Å². The number of benzene rings is 3. The standard InChI is InChI=1S/C22H16ClFIN3O4/c23-15-9-13(11-26-28-22(31)14-6-7-17(25)19(29)10-14)5-8-20(15)32-12-21(30)27-18-4-2-1-3-16(18)24/h1-11,29H,12H2,(H,27,30)(H,28,31)/b26-11-. The van der Waals surface area contributed by atoms with Gasteiger partial charge >= 0.3 is 0 Å². The summed E-state index contributed by atoms with van der Waals surface area (Å²) in [5.74, 6) is -1.31. The number of phenols is 1. The van der Waals surface area contributed by atoms with Crippen LogP contribution in [0.2, 0.25) is 5.02 Å². The van der Waals surface area contributed by atoms with Crippen LogP contribution < -0.4 is 15.5 Å². The molecular formula is C22H16ClFIN3O4. The van der Waals surface area contributed by atoms with Crippen LogP contribution in [0.5, 0.6) is 11.5 Å². The van der Waals surface area contributed by atoms with Crippen LogP contribution in [0.25, 0.3) is 0 Å². The summed E-state index contributed by atoms with van der Waals surface area (Å²) in [6.45, 7) is -0.361. The third-order valence-corrected chi connectivity index (χ3v) is 5.26. The molecule has 164 valence electrons. The molecule has 0 bridgehead atoms. The largest absolute Gasteiger partial charge is 0.507 e. The number of nitrogens with zero attached hydrogens (tertiary/aromatic N) is 1. The first-order chi connectivity index (χ1) is 15.3. The van der Waals surface area contributed by atoms with E-state index in [1.54, 1.807) is 30.3 Å². The quantitative estimate of drug-likeness (QED) is 0.221. The minimum absolute atomic E-state index is 0.00665. The first-order valence-electron chi connectivity index (χ1n) is 9.12. The van der Waals surface area contributed by atoms with Gasteiger partial charge in [0.25, 0.3) is 11.8 Å². The Balaban J connectivity index is 1.54. The number of carbonyl (C=O) groups is 2. The van der Waals surface area contributed by atoms with E-state index in [-0.39, 0.29) is 34.4 Å². The third kappa shape index (κ3) is 6.41. The van der Waals surface area contributed by atoms with Crippen molar-refractivity contribution in [1.29, 1.82) is 0 Å². The zero-order valence-corrected chi connectivity index (χ0v) is 19.2. The van der Waals surface area contributed by atoms with Crippen LogP contribution in [-0.4, -0.2) is 29.7 Å². The van der Waals surface area contributed by atoms with Crippen molar-refractivity contribution in [2.75, 3.05) is 11.9 Å². The maximum atomic E-state index is 13.6. The number of anilines is 1. The predicted octanol–water partition coefficient (Wildman–Crippen LogP) is 4.57. The topological polar surface area (TPSA) is 100 Å². The number of halogens is 3. The highest BCUT2D eigenvalue weighted by Crippen LogP contribution is 2.25. The molecule has 0 heterocycles. The monoisotopic (exact) mass is 567 g/mol. The fraction of sp³-hybridized carbons (Fsp3) is 0.0455. The molecule has 0 atom stereocenters. The van der Waals surface area contributed by atoms with Gasteiger partial charge in [0.1, 0.15) is 17.3 Å². The predicted molar refractivity (Wildman–Crippen MR) is 128 cm³/mol. The number of rotatable bonds is 7. The molecule has 0 aliphatic rings. The van der Waals surface area contributed by atoms with Crippen molar-refractivity contribution in [1.82, 2.24) is 5.43 Å². The number of para-hydroxylation sites is 1. The maximum Gasteiger partial charge on any atom is 0.271 e. The normalized spacial score (nSPS) is 10.7. The number of nitrogens with one attached hydrogen (secondary N) is 2. The molecule has 0 aromatic heterocycles. The van der Waals surface area contributed by atoms with Gasteiger partial charge in [-0.3, -0.25) is 9.59 Å². The summed E-state index contributed by atoms with van der Waals surface area (Å²) in [4.78, 5) is 24.0. The molecule has 0 spiro atoms. The fourth-order valence-electron chi connectivity index (χ4n) is 2.49. The second kappa shape index (κ2) is 10.9. The van der Waals surface area contributed by atoms with Gasteiger partial charge in [-0.05, 0) is 76.7 Å². The first kappa shape index (κ1) is 23.5. The van der Waals surface area contributed by atoms with Crippen molar-refractivity contribution >= 4 is 57.9 Å². The third-order valence-electron chi connectivity index (χ3n) is 4.05. The molecule has 0 unspecified atom stereocenters. The Morgan fingerprint density at radius 2 is 1.94 bits per heavy atom. The minimum atomic E-state index is -0.548. The summed E-state index contributed by atoms with van der Waals surface area (Å²) >= 11 is 8.12. The molecule has 0 saturated heterocycles. The molecule has 0 radical (unpaired) electrons. The van der Waals surface area contributed by atoms with E-state index in [1.807, 2.05) is 22.6 Å². The Bertz CT molecular complexity index is 1190. The Morgan fingerprint density at radius 3 is 2.66 bits per heavy atom. The van der Waals surface area contributed by atoms with Crippen LogP contribution in [0.1, 0.15) is 15.9 Å². The van der Waals surface area contributed by atoms with Crippen molar-refractivity contribution < 1.29 is 23.8 Å². The average Bonchev–Trinajstić information content (AvgIpc) is 2.76. The number of hydrogen-bond acceptors (Lipinski definition) is 5. The van der Waals surface area contributed by atoms with Crippen molar-refractivity contribution in [2.45, 2.75) is 0 Å². The average molecular weight is 568 g/mol. The van der Waals surface area contributed by atoms with E-state index in [0.29, 0.717) is 9.13 Å². The number of carbonyl (C=O) groups excluding carboxylic acids is 2. The number of hydrogen-bond donors (Lipinski definition) is 3. The second-order valence-electron chi connectivity index (χ2n) is 6.37.